The molecule has 1 aromatic heterocycles. The Labute approximate surface area is 112 Å². The zero-order valence-corrected chi connectivity index (χ0v) is 11.5. The maximum atomic E-state index is 11.6. The summed E-state index contributed by atoms with van der Waals surface area (Å²) >= 11 is 0. The lowest BCUT2D eigenvalue weighted by Gasteiger charge is -2.44. The third kappa shape index (κ3) is 2.68. The standard InChI is InChI=1S/C12H19N3O3S/c16-11-7-10(12(11)15-5-2-4-13-15)14-9-3-1-6-19(17,18)8-9/h2,4-5,9-12,14,16H,1,3,6-8H2/t9?,10-,11+,12+/m0/s1. The quantitative estimate of drug-likeness (QED) is 0.798. The Kier molecular flexibility index (Phi) is 3.36. The van der Waals surface area contributed by atoms with Crippen LogP contribution in [0.4, 0.5) is 0 Å². The number of nitrogens with zero attached hydrogens (tertiary/aromatic N) is 2. The number of hydrogen-bond donors (Lipinski definition) is 2. The SMILES string of the molecule is O=S1(=O)CCCC(N[C@H]2C[C@@H](O)[C@@H]2n2cccn2)C1. The van der Waals surface area contributed by atoms with Crippen molar-refractivity contribution in [2.45, 2.75) is 43.5 Å². The van der Waals surface area contributed by atoms with E-state index in [2.05, 4.69) is 10.4 Å². The summed E-state index contributed by atoms with van der Waals surface area (Å²) in [6.07, 6.45) is 5.38. The zero-order valence-electron chi connectivity index (χ0n) is 10.6. The van der Waals surface area contributed by atoms with Crippen molar-refractivity contribution >= 4 is 9.84 Å². The van der Waals surface area contributed by atoms with Crippen molar-refractivity contribution in [2.24, 2.45) is 0 Å². The lowest BCUT2D eigenvalue weighted by molar-refractivity contribution is -0.0112. The van der Waals surface area contributed by atoms with Gasteiger partial charge in [0.2, 0.25) is 0 Å². The van der Waals surface area contributed by atoms with E-state index < -0.39 is 15.9 Å². The van der Waals surface area contributed by atoms with Gasteiger partial charge >= 0.3 is 0 Å². The van der Waals surface area contributed by atoms with Gasteiger partial charge in [-0.2, -0.15) is 5.10 Å². The van der Waals surface area contributed by atoms with Crippen molar-refractivity contribution < 1.29 is 13.5 Å². The Morgan fingerprint density at radius 1 is 1.42 bits per heavy atom. The van der Waals surface area contributed by atoms with E-state index in [1.807, 2.05) is 12.3 Å². The molecule has 1 saturated heterocycles. The molecule has 0 bridgehead atoms. The van der Waals surface area contributed by atoms with E-state index in [4.69, 9.17) is 0 Å². The molecule has 7 heteroatoms. The minimum absolute atomic E-state index is 0.00862. The van der Waals surface area contributed by atoms with E-state index in [1.165, 1.54) is 0 Å². The van der Waals surface area contributed by atoms with Gasteiger partial charge in [0, 0.05) is 24.5 Å². The first-order valence-corrected chi connectivity index (χ1v) is 8.51. The monoisotopic (exact) mass is 285 g/mol. The normalized spacial score (nSPS) is 37.7. The number of aliphatic hydroxyl groups excluding tert-OH is 1. The van der Waals surface area contributed by atoms with Gasteiger partial charge in [-0.05, 0) is 25.3 Å². The second-order valence-corrected chi connectivity index (χ2v) is 7.74. The number of hydrogen-bond acceptors (Lipinski definition) is 5. The average molecular weight is 285 g/mol. The van der Waals surface area contributed by atoms with Crippen LogP contribution in [0.15, 0.2) is 18.5 Å². The van der Waals surface area contributed by atoms with Crippen molar-refractivity contribution in [1.82, 2.24) is 15.1 Å². The molecule has 0 amide bonds. The van der Waals surface area contributed by atoms with E-state index in [0.717, 1.165) is 12.8 Å². The van der Waals surface area contributed by atoms with Crippen molar-refractivity contribution in [3.63, 3.8) is 0 Å². The van der Waals surface area contributed by atoms with Crippen molar-refractivity contribution in [3.8, 4) is 0 Å². The van der Waals surface area contributed by atoms with Gasteiger partial charge in [-0.1, -0.05) is 0 Å². The van der Waals surface area contributed by atoms with Crippen LogP contribution >= 0.6 is 0 Å². The van der Waals surface area contributed by atoms with E-state index >= 15 is 0 Å². The topological polar surface area (TPSA) is 84.2 Å². The number of sulfone groups is 1. The lowest BCUT2D eigenvalue weighted by atomic mass is 9.82. The van der Waals surface area contributed by atoms with Crippen LogP contribution in [0.5, 0.6) is 0 Å². The Balaban J connectivity index is 1.64. The molecular formula is C12H19N3O3S. The summed E-state index contributed by atoms with van der Waals surface area (Å²) < 4.78 is 25.0. The van der Waals surface area contributed by atoms with Gasteiger partial charge in [0.1, 0.15) is 0 Å². The van der Waals surface area contributed by atoms with Gasteiger partial charge < -0.3 is 10.4 Å². The molecule has 106 valence electrons. The zero-order chi connectivity index (χ0) is 13.5. The molecule has 0 aromatic carbocycles. The van der Waals surface area contributed by atoms with Gasteiger partial charge in [0.15, 0.2) is 9.84 Å². The van der Waals surface area contributed by atoms with Crippen LogP contribution in [-0.2, 0) is 9.84 Å². The van der Waals surface area contributed by atoms with Crippen molar-refractivity contribution in [2.75, 3.05) is 11.5 Å². The molecule has 2 N–H and O–H groups in total. The largest absolute Gasteiger partial charge is 0.391 e. The summed E-state index contributed by atoms with van der Waals surface area (Å²) in [5, 5.41) is 17.4. The molecular weight excluding hydrogens is 266 g/mol. The molecule has 6 nitrogen and oxygen atoms in total. The predicted octanol–water partition coefficient (Wildman–Crippen LogP) is -0.276. The minimum atomic E-state index is -2.89. The van der Waals surface area contributed by atoms with Crippen molar-refractivity contribution in [3.05, 3.63) is 18.5 Å². The van der Waals surface area contributed by atoms with Gasteiger partial charge in [0.05, 0.1) is 23.7 Å². The van der Waals surface area contributed by atoms with Crippen LogP contribution in [0.3, 0.4) is 0 Å². The number of aromatic nitrogens is 2. The Morgan fingerprint density at radius 2 is 2.26 bits per heavy atom. The van der Waals surface area contributed by atoms with Gasteiger partial charge in [0.25, 0.3) is 0 Å². The summed E-state index contributed by atoms with van der Waals surface area (Å²) in [6, 6.07) is 1.86. The highest BCUT2D eigenvalue weighted by molar-refractivity contribution is 7.91. The Morgan fingerprint density at radius 3 is 2.89 bits per heavy atom. The molecule has 2 fully saturated rings. The third-order valence-electron chi connectivity index (χ3n) is 4.05. The summed E-state index contributed by atoms with van der Waals surface area (Å²) in [5.74, 6) is 0.520. The number of nitrogens with one attached hydrogen (secondary N) is 1. The highest BCUT2D eigenvalue weighted by atomic mass is 32.2. The van der Waals surface area contributed by atoms with E-state index in [-0.39, 0.29) is 23.9 Å². The fourth-order valence-electron chi connectivity index (χ4n) is 3.05. The van der Waals surface area contributed by atoms with Gasteiger partial charge in [-0.25, -0.2) is 8.42 Å². The minimum Gasteiger partial charge on any atom is -0.391 e. The maximum absolute atomic E-state index is 11.6. The number of aliphatic hydroxyl groups is 1. The fraction of sp³-hybridized carbons (Fsp3) is 0.750. The summed E-state index contributed by atoms with van der Waals surface area (Å²) in [6.45, 7) is 0. The maximum Gasteiger partial charge on any atom is 0.151 e. The summed E-state index contributed by atoms with van der Waals surface area (Å²) in [4.78, 5) is 0. The van der Waals surface area contributed by atoms with Crippen LogP contribution in [0, 0.1) is 0 Å². The van der Waals surface area contributed by atoms with Crippen molar-refractivity contribution in [1.29, 1.82) is 0 Å². The van der Waals surface area contributed by atoms with E-state index in [0.29, 0.717) is 12.2 Å². The van der Waals surface area contributed by atoms with Gasteiger partial charge in [-0.15, -0.1) is 0 Å². The average Bonchev–Trinajstić information content (AvgIpc) is 2.80. The molecule has 0 radical (unpaired) electrons. The molecule has 1 aromatic rings. The molecule has 19 heavy (non-hydrogen) atoms. The lowest BCUT2D eigenvalue weighted by Crippen LogP contribution is -2.58. The Bertz CT molecular complexity index is 528. The first-order valence-electron chi connectivity index (χ1n) is 6.69. The van der Waals surface area contributed by atoms with Crippen LogP contribution in [0.2, 0.25) is 0 Å². The molecule has 2 aliphatic rings. The molecule has 1 saturated carbocycles. The van der Waals surface area contributed by atoms with Crippen LogP contribution in [-0.4, -0.2) is 53.0 Å². The van der Waals surface area contributed by atoms with E-state index in [1.54, 1.807) is 10.9 Å². The second kappa shape index (κ2) is 4.88. The van der Waals surface area contributed by atoms with Crippen LogP contribution < -0.4 is 5.32 Å². The highest BCUT2D eigenvalue weighted by Gasteiger charge is 2.43. The molecule has 4 atom stereocenters. The molecule has 1 aliphatic carbocycles. The third-order valence-corrected chi connectivity index (χ3v) is 5.87. The molecule has 3 rings (SSSR count). The molecule has 1 aliphatic heterocycles. The second-order valence-electron chi connectivity index (χ2n) is 5.51. The Hall–Kier alpha value is -0.920. The van der Waals surface area contributed by atoms with Gasteiger partial charge in [-0.3, -0.25) is 4.68 Å². The summed E-state index contributed by atoms with van der Waals surface area (Å²) in [5.41, 5.74) is 0. The highest BCUT2D eigenvalue weighted by Crippen LogP contribution is 2.33. The smallest absolute Gasteiger partial charge is 0.151 e. The molecule has 0 spiro atoms. The predicted molar refractivity (Wildman–Crippen MR) is 70.5 cm³/mol. The first-order chi connectivity index (χ1) is 9.05. The first kappa shape index (κ1) is 13.1. The molecule has 1 unspecified atom stereocenters. The van der Waals surface area contributed by atoms with Crippen LogP contribution in [0.25, 0.3) is 0 Å². The van der Waals surface area contributed by atoms with Crippen LogP contribution in [0.1, 0.15) is 25.3 Å². The summed E-state index contributed by atoms with van der Waals surface area (Å²) in [7, 11) is -2.89. The van der Waals surface area contributed by atoms with E-state index in [9.17, 15) is 13.5 Å². The fourth-order valence-corrected chi connectivity index (χ4v) is 4.70. The molecule has 2 heterocycles. The number of rotatable bonds is 3.